The predicted molar refractivity (Wildman–Crippen MR) is 117 cm³/mol. The van der Waals surface area contributed by atoms with Gasteiger partial charge < -0.3 is 15.3 Å². The average Bonchev–Trinajstić information content (AvgIpc) is 3.13. The maximum absolute atomic E-state index is 13.6. The number of benzene rings is 1. The summed E-state index contributed by atoms with van der Waals surface area (Å²) in [6.45, 7) is 5.20. The lowest BCUT2D eigenvalue weighted by Crippen LogP contribution is -2.31. The van der Waals surface area contributed by atoms with Crippen LogP contribution in [-0.2, 0) is 11.1 Å². The van der Waals surface area contributed by atoms with Crippen molar-refractivity contribution in [2.24, 2.45) is 5.73 Å². The van der Waals surface area contributed by atoms with Crippen molar-refractivity contribution in [1.29, 1.82) is 0 Å². The van der Waals surface area contributed by atoms with Gasteiger partial charge in [0.25, 0.3) is 5.35 Å². The van der Waals surface area contributed by atoms with E-state index in [-0.39, 0.29) is 34.7 Å². The molecule has 9 heteroatoms. The third-order valence-electron chi connectivity index (χ3n) is 4.94. The van der Waals surface area contributed by atoms with Gasteiger partial charge in [0.15, 0.2) is 5.78 Å². The maximum atomic E-state index is 13.6. The van der Waals surface area contributed by atoms with E-state index < -0.39 is 17.0 Å². The minimum Gasteiger partial charge on any atom is -0.435 e. The highest BCUT2D eigenvalue weighted by Crippen LogP contribution is 2.32. The number of nitrogens with two attached hydrogens (primary N) is 1. The quantitative estimate of drug-likeness (QED) is 0.462. The molecule has 3 N–H and O–H groups in total. The highest BCUT2D eigenvalue weighted by atomic mass is 35.5. The van der Waals surface area contributed by atoms with Gasteiger partial charge in [0.1, 0.15) is 23.4 Å². The molecule has 3 aromatic rings. The molecule has 0 spiro atoms. The number of pyridine rings is 1. The summed E-state index contributed by atoms with van der Waals surface area (Å²) < 4.78 is 18.5. The molecular formula is C22H22Cl2FN3O3. The molecule has 6 nitrogen and oxygen atoms in total. The van der Waals surface area contributed by atoms with Gasteiger partial charge in [0, 0.05) is 17.5 Å². The number of nitrogens with zero attached hydrogens (tertiary/aromatic N) is 2. The first-order valence-corrected chi connectivity index (χ1v) is 10.3. The van der Waals surface area contributed by atoms with Crippen molar-refractivity contribution < 1.29 is 18.7 Å². The van der Waals surface area contributed by atoms with E-state index in [1.54, 1.807) is 25.1 Å². The van der Waals surface area contributed by atoms with Crippen molar-refractivity contribution in [2.45, 2.75) is 44.8 Å². The molecule has 1 atom stereocenters. The van der Waals surface area contributed by atoms with Crippen LogP contribution in [-0.4, -0.2) is 20.9 Å². The van der Waals surface area contributed by atoms with Crippen molar-refractivity contribution in [3.63, 3.8) is 0 Å². The first-order chi connectivity index (χ1) is 14.4. The monoisotopic (exact) mass is 465 g/mol. The van der Waals surface area contributed by atoms with Gasteiger partial charge in [-0.3, -0.25) is 4.79 Å². The molecule has 0 aliphatic rings. The maximum Gasteiger partial charge on any atom is 0.292 e. The molecule has 1 unspecified atom stereocenters. The van der Waals surface area contributed by atoms with Gasteiger partial charge in [-0.15, -0.1) is 0 Å². The number of carbonyl (C=O) groups is 1. The summed E-state index contributed by atoms with van der Waals surface area (Å²) in [7, 11) is 0. The first kappa shape index (κ1) is 23.3. The van der Waals surface area contributed by atoms with Crippen molar-refractivity contribution >= 4 is 29.0 Å². The smallest absolute Gasteiger partial charge is 0.292 e. The summed E-state index contributed by atoms with van der Waals surface area (Å²) in [5.74, 6) is -0.865. The number of Topliss-reactive ketones (excluding diaryl/α,β-unsaturated/α-hetero) is 1. The summed E-state index contributed by atoms with van der Waals surface area (Å²) in [5, 5.41) is 11.0. The second-order valence-electron chi connectivity index (χ2n) is 8.16. The largest absolute Gasteiger partial charge is 0.435 e. The molecule has 2 heterocycles. The second-order valence-corrected chi connectivity index (χ2v) is 8.89. The summed E-state index contributed by atoms with van der Waals surface area (Å²) in [6, 6.07) is 7.73. The Hall–Kier alpha value is -2.32. The standard InChI is InChI=1S/C22H22Cl2FN3O3/c1-21(2,26)13-9-16(12-4-5-15(25)14(23)8-12)27-19(10-13)22(3,30)7-6-18(29)17-11-31-20(24)28-17/h4-5,8-11,30H,6-7,26H2,1-3H3. The van der Waals surface area contributed by atoms with E-state index in [1.165, 1.54) is 18.4 Å². The summed E-state index contributed by atoms with van der Waals surface area (Å²) in [4.78, 5) is 20.7. The number of ketones is 1. The van der Waals surface area contributed by atoms with Crippen LogP contribution in [0.3, 0.4) is 0 Å². The van der Waals surface area contributed by atoms with Crippen molar-refractivity contribution in [2.75, 3.05) is 0 Å². The zero-order chi connectivity index (χ0) is 23.0. The number of rotatable bonds is 7. The lowest BCUT2D eigenvalue weighted by atomic mass is 9.88. The Kier molecular flexibility index (Phi) is 6.53. The van der Waals surface area contributed by atoms with E-state index in [2.05, 4.69) is 9.97 Å². The van der Waals surface area contributed by atoms with Gasteiger partial charge in [-0.25, -0.2) is 9.37 Å². The number of oxazole rings is 1. The van der Waals surface area contributed by atoms with Crippen LogP contribution in [0.15, 0.2) is 41.0 Å². The van der Waals surface area contributed by atoms with E-state index in [0.717, 1.165) is 0 Å². The molecule has 0 aliphatic heterocycles. The topological polar surface area (TPSA) is 102 Å². The number of halogens is 3. The predicted octanol–water partition coefficient (Wildman–Crippen LogP) is 5.25. The summed E-state index contributed by atoms with van der Waals surface area (Å²) >= 11 is 11.5. The molecule has 0 saturated carbocycles. The van der Waals surface area contributed by atoms with E-state index >= 15 is 0 Å². The van der Waals surface area contributed by atoms with Crippen molar-refractivity contribution in [3.05, 3.63) is 69.7 Å². The third kappa shape index (κ3) is 5.49. The number of hydrogen-bond donors (Lipinski definition) is 2. The fraction of sp³-hybridized carbons (Fsp3) is 0.318. The van der Waals surface area contributed by atoms with Crippen LogP contribution in [0.1, 0.15) is 55.4 Å². The Bertz CT molecular complexity index is 1120. The van der Waals surface area contributed by atoms with Crippen LogP contribution in [0.25, 0.3) is 11.3 Å². The van der Waals surface area contributed by atoms with Crippen LogP contribution in [0, 0.1) is 5.82 Å². The van der Waals surface area contributed by atoms with Gasteiger partial charge in [0.2, 0.25) is 0 Å². The first-order valence-electron chi connectivity index (χ1n) is 9.51. The molecule has 2 aromatic heterocycles. The SMILES string of the molecule is CC(C)(N)c1cc(-c2ccc(F)c(Cl)c2)nc(C(C)(O)CCC(=O)c2coc(Cl)n2)c1. The number of hydrogen-bond acceptors (Lipinski definition) is 6. The minimum absolute atomic E-state index is 0.00844. The molecule has 1 aromatic carbocycles. The van der Waals surface area contributed by atoms with E-state index in [1.807, 2.05) is 13.8 Å². The van der Waals surface area contributed by atoms with Crippen molar-refractivity contribution in [1.82, 2.24) is 9.97 Å². The van der Waals surface area contributed by atoms with Crippen LogP contribution >= 0.6 is 23.2 Å². The van der Waals surface area contributed by atoms with Gasteiger partial charge in [-0.1, -0.05) is 11.6 Å². The fourth-order valence-electron chi connectivity index (χ4n) is 2.97. The summed E-state index contributed by atoms with van der Waals surface area (Å²) in [5.41, 5.74) is 6.27. The Morgan fingerprint density at radius 2 is 1.90 bits per heavy atom. The lowest BCUT2D eigenvalue weighted by molar-refractivity contribution is 0.0395. The Morgan fingerprint density at radius 3 is 2.48 bits per heavy atom. The molecule has 0 bridgehead atoms. The highest BCUT2D eigenvalue weighted by molar-refractivity contribution is 6.31. The average molecular weight is 466 g/mol. The highest BCUT2D eigenvalue weighted by Gasteiger charge is 2.29. The summed E-state index contributed by atoms with van der Waals surface area (Å²) in [6.07, 6.45) is 1.23. The molecule has 0 radical (unpaired) electrons. The molecule has 0 amide bonds. The minimum atomic E-state index is -1.46. The third-order valence-corrected chi connectivity index (χ3v) is 5.40. The molecule has 31 heavy (non-hydrogen) atoms. The molecule has 0 saturated heterocycles. The van der Waals surface area contributed by atoms with Crippen LogP contribution in [0.5, 0.6) is 0 Å². The number of aromatic nitrogens is 2. The van der Waals surface area contributed by atoms with E-state index in [0.29, 0.717) is 22.5 Å². The van der Waals surface area contributed by atoms with E-state index in [4.69, 9.17) is 33.4 Å². The van der Waals surface area contributed by atoms with Gasteiger partial charge >= 0.3 is 0 Å². The Morgan fingerprint density at radius 1 is 1.19 bits per heavy atom. The molecular weight excluding hydrogens is 444 g/mol. The second kappa shape index (κ2) is 8.67. The van der Waals surface area contributed by atoms with Gasteiger partial charge in [-0.2, -0.15) is 4.98 Å². The lowest BCUT2D eigenvalue weighted by Gasteiger charge is -2.27. The van der Waals surface area contributed by atoms with Crippen molar-refractivity contribution in [3.8, 4) is 11.3 Å². The van der Waals surface area contributed by atoms with Gasteiger partial charge in [-0.05, 0) is 74.7 Å². The Labute approximate surface area is 189 Å². The van der Waals surface area contributed by atoms with Gasteiger partial charge in [0.05, 0.1) is 16.4 Å². The van der Waals surface area contributed by atoms with E-state index in [9.17, 15) is 14.3 Å². The van der Waals surface area contributed by atoms with Crippen LogP contribution < -0.4 is 5.73 Å². The number of aliphatic hydroxyl groups is 1. The molecule has 3 rings (SSSR count). The number of carbonyl (C=O) groups excluding carboxylic acids is 1. The molecule has 0 fully saturated rings. The molecule has 0 aliphatic carbocycles. The normalized spacial score (nSPS) is 13.8. The zero-order valence-electron chi connectivity index (χ0n) is 17.2. The zero-order valence-corrected chi connectivity index (χ0v) is 18.8. The van der Waals surface area contributed by atoms with Crippen LogP contribution in [0.4, 0.5) is 4.39 Å². The van der Waals surface area contributed by atoms with Crippen LogP contribution in [0.2, 0.25) is 10.4 Å². The fourth-order valence-corrected chi connectivity index (χ4v) is 3.29. The Balaban J connectivity index is 1.96. The molecule has 164 valence electrons.